The van der Waals surface area contributed by atoms with Gasteiger partial charge in [0.1, 0.15) is 11.4 Å². The highest BCUT2D eigenvalue weighted by Crippen LogP contribution is 2.31. The third-order valence-electron chi connectivity index (χ3n) is 2.36. The average molecular weight is 250 g/mol. The number of ether oxygens (including phenoxy) is 1. The van der Waals surface area contributed by atoms with Gasteiger partial charge in [-0.1, -0.05) is 17.7 Å². The van der Waals surface area contributed by atoms with Crippen molar-refractivity contribution in [3.63, 3.8) is 0 Å². The van der Waals surface area contributed by atoms with Crippen molar-refractivity contribution in [1.82, 2.24) is 9.97 Å². The monoisotopic (exact) mass is 249 g/mol. The van der Waals surface area contributed by atoms with E-state index in [1.165, 1.54) is 0 Å². The number of methoxy groups -OCH3 is 1. The van der Waals surface area contributed by atoms with E-state index in [4.69, 9.17) is 16.3 Å². The van der Waals surface area contributed by atoms with Crippen LogP contribution < -0.4 is 10.1 Å². The molecule has 88 valence electrons. The fraction of sp³-hybridized carbons (Fsp3) is 0.167. The zero-order chi connectivity index (χ0) is 12.3. The van der Waals surface area contributed by atoms with E-state index in [1.807, 2.05) is 12.1 Å². The first-order valence-corrected chi connectivity index (χ1v) is 5.46. The van der Waals surface area contributed by atoms with Crippen molar-refractivity contribution in [2.45, 2.75) is 0 Å². The molecule has 0 bridgehead atoms. The third-order valence-corrected chi connectivity index (χ3v) is 2.67. The smallest absolute Gasteiger partial charge is 0.152 e. The SMILES string of the molecule is CNc1nccnc1-c1ccc(Cl)c(OC)c1. The van der Waals surface area contributed by atoms with Crippen molar-refractivity contribution in [3.8, 4) is 17.0 Å². The van der Waals surface area contributed by atoms with Gasteiger partial charge in [-0.25, -0.2) is 4.98 Å². The summed E-state index contributed by atoms with van der Waals surface area (Å²) in [7, 11) is 3.39. The molecular formula is C12H12ClN3O. The molecule has 0 radical (unpaired) electrons. The Bertz CT molecular complexity index is 531. The summed E-state index contributed by atoms with van der Waals surface area (Å²) >= 11 is 5.98. The molecule has 4 nitrogen and oxygen atoms in total. The second kappa shape index (κ2) is 5.01. The molecule has 0 unspecified atom stereocenters. The van der Waals surface area contributed by atoms with Gasteiger partial charge in [0.15, 0.2) is 5.82 Å². The van der Waals surface area contributed by atoms with Gasteiger partial charge in [0.25, 0.3) is 0 Å². The predicted octanol–water partition coefficient (Wildman–Crippen LogP) is 2.85. The Morgan fingerprint density at radius 3 is 2.71 bits per heavy atom. The van der Waals surface area contributed by atoms with Gasteiger partial charge in [-0.3, -0.25) is 4.98 Å². The number of halogens is 1. The molecule has 0 atom stereocenters. The lowest BCUT2D eigenvalue weighted by Gasteiger charge is -2.09. The highest BCUT2D eigenvalue weighted by molar-refractivity contribution is 6.32. The summed E-state index contributed by atoms with van der Waals surface area (Å²) in [5.74, 6) is 1.34. The normalized spacial score (nSPS) is 10.1. The lowest BCUT2D eigenvalue weighted by molar-refractivity contribution is 0.415. The third kappa shape index (κ3) is 2.31. The molecule has 1 aromatic heterocycles. The fourth-order valence-electron chi connectivity index (χ4n) is 1.54. The van der Waals surface area contributed by atoms with Crippen LogP contribution in [-0.2, 0) is 0 Å². The van der Waals surface area contributed by atoms with Crippen LogP contribution in [0.15, 0.2) is 30.6 Å². The number of hydrogen-bond acceptors (Lipinski definition) is 4. The first-order valence-electron chi connectivity index (χ1n) is 5.09. The first kappa shape index (κ1) is 11.7. The molecule has 0 fully saturated rings. The average Bonchev–Trinajstić information content (AvgIpc) is 2.39. The van der Waals surface area contributed by atoms with E-state index >= 15 is 0 Å². The summed E-state index contributed by atoms with van der Waals surface area (Å²) in [6, 6.07) is 5.51. The van der Waals surface area contributed by atoms with Gasteiger partial charge < -0.3 is 10.1 Å². The van der Waals surface area contributed by atoms with E-state index in [0.717, 1.165) is 17.1 Å². The van der Waals surface area contributed by atoms with Gasteiger partial charge in [0.05, 0.1) is 12.1 Å². The Balaban J connectivity index is 2.53. The number of benzene rings is 1. The maximum Gasteiger partial charge on any atom is 0.152 e. The van der Waals surface area contributed by atoms with Gasteiger partial charge in [0, 0.05) is 25.0 Å². The summed E-state index contributed by atoms with van der Waals surface area (Å²) in [6.07, 6.45) is 3.29. The minimum Gasteiger partial charge on any atom is -0.495 e. The summed E-state index contributed by atoms with van der Waals surface area (Å²) in [5.41, 5.74) is 1.67. The van der Waals surface area contributed by atoms with Crippen LogP contribution in [-0.4, -0.2) is 24.1 Å². The Morgan fingerprint density at radius 2 is 2.00 bits per heavy atom. The molecule has 0 aliphatic heterocycles. The molecule has 1 N–H and O–H groups in total. The molecule has 0 aliphatic carbocycles. The van der Waals surface area contributed by atoms with Crippen LogP contribution in [0.3, 0.4) is 0 Å². The number of rotatable bonds is 3. The van der Waals surface area contributed by atoms with Crippen LogP contribution in [0.4, 0.5) is 5.82 Å². The Labute approximate surface area is 105 Å². The molecular weight excluding hydrogens is 238 g/mol. The molecule has 2 aromatic rings. The lowest BCUT2D eigenvalue weighted by Crippen LogP contribution is -1.97. The van der Waals surface area contributed by atoms with Crippen LogP contribution in [0.1, 0.15) is 0 Å². The van der Waals surface area contributed by atoms with Gasteiger partial charge in [-0.05, 0) is 12.1 Å². The van der Waals surface area contributed by atoms with Crippen molar-refractivity contribution >= 4 is 17.4 Å². The van der Waals surface area contributed by atoms with Crippen LogP contribution >= 0.6 is 11.6 Å². The van der Waals surface area contributed by atoms with Crippen molar-refractivity contribution in [2.75, 3.05) is 19.5 Å². The topological polar surface area (TPSA) is 47.0 Å². The highest BCUT2D eigenvalue weighted by Gasteiger charge is 2.09. The highest BCUT2D eigenvalue weighted by atomic mass is 35.5. The number of nitrogens with one attached hydrogen (secondary N) is 1. The molecule has 0 saturated carbocycles. The van der Waals surface area contributed by atoms with E-state index in [2.05, 4.69) is 15.3 Å². The second-order valence-corrected chi connectivity index (χ2v) is 3.76. The Kier molecular flexibility index (Phi) is 3.44. The number of hydrogen-bond donors (Lipinski definition) is 1. The zero-order valence-corrected chi connectivity index (χ0v) is 10.3. The molecule has 17 heavy (non-hydrogen) atoms. The molecule has 0 amide bonds. The lowest BCUT2D eigenvalue weighted by atomic mass is 10.1. The number of aromatic nitrogens is 2. The van der Waals surface area contributed by atoms with Crippen LogP contribution in [0.25, 0.3) is 11.3 Å². The van der Waals surface area contributed by atoms with E-state index in [0.29, 0.717) is 10.8 Å². The summed E-state index contributed by atoms with van der Waals surface area (Å²) < 4.78 is 5.18. The summed E-state index contributed by atoms with van der Waals surface area (Å²) in [4.78, 5) is 8.51. The molecule has 5 heteroatoms. The summed E-state index contributed by atoms with van der Waals surface area (Å²) in [5, 5.41) is 3.57. The van der Waals surface area contributed by atoms with Gasteiger partial charge in [-0.2, -0.15) is 0 Å². The molecule has 0 spiro atoms. The zero-order valence-electron chi connectivity index (χ0n) is 9.57. The van der Waals surface area contributed by atoms with E-state index in [1.54, 1.807) is 32.6 Å². The maximum atomic E-state index is 5.98. The van der Waals surface area contributed by atoms with E-state index in [-0.39, 0.29) is 0 Å². The number of nitrogens with zero attached hydrogens (tertiary/aromatic N) is 2. The minimum atomic E-state index is 0.575. The molecule has 2 rings (SSSR count). The Morgan fingerprint density at radius 1 is 1.24 bits per heavy atom. The molecule has 1 aromatic carbocycles. The van der Waals surface area contributed by atoms with Crippen LogP contribution in [0, 0.1) is 0 Å². The van der Waals surface area contributed by atoms with Gasteiger partial charge in [0.2, 0.25) is 0 Å². The Hall–Kier alpha value is -1.81. The van der Waals surface area contributed by atoms with Crippen LogP contribution in [0.5, 0.6) is 5.75 Å². The second-order valence-electron chi connectivity index (χ2n) is 3.35. The quantitative estimate of drug-likeness (QED) is 0.909. The van der Waals surface area contributed by atoms with Crippen molar-refractivity contribution < 1.29 is 4.74 Å². The van der Waals surface area contributed by atoms with Crippen LogP contribution in [0.2, 0.25) is 5.02 Å². The molecule has 0 aliphatic rings. The summed E-state index contributed by atoms with van der Waals surface area (Å²) in [6.45, 7) is 0. The van der Waals surface area contributed by atoms with Crippen molar-refractivity contribution in [3.05, 3.63) is 35.6 Å². The van der Waals surface area contributed by atoms with Gasteiger partial charge in [-0.15, -0.1) is 0 Å². The molecule has 0 saturated heterocycles. The van der Waals surface area contributed by atoms with E-state index in [9.17, 15) is 0 Å². The van der Waals surface area contributed by atoms with E-state index < -0.39 is 0 Å². The van der Waals surface area contributed by atoms with Crippen molar-refractivity contribution in [1.29, 1.82) is 0 Å². The van der Waals surface area contributed by atoms with Gasteiger partial charge >= 0.3 is 0 Å². The first-order chi connectivity index (χ1) is 8.26. The maximum absolute atomic E-state index is 5.98. The largest absolute Gasteiger partial charge is 0.495 e. The minimum absolute atomic E-state index is 0.575. The number of anilines is 1. The molecule has 1 heterocycles. The standard InChI is InChI=1S/C12H12ClN3O/c1-14-12-11(15-5-6-16-12)8-3-4-9(13)10(7-8)17-2/h3-7H,1-2H3,(H,14,16). The fourth-order valence-corrected chi connectivity index (χ4v) is 1.73. The predicted molar refractivity (Wildman–Crippen MR) is 68.6 cm³/mol. The van der Waals surface area contributed by atoms with Crippen molar-refractivity contribution in [2.24, 2.45) is 0 Å².